The predicted molar refractivity (Wildman–Crippen MR) is 113 cm³/mol. The third-order valence-electron chi connectivity index (χ3n) is 4.60. The summed E-state index contributed by atoms with van der Waals surface area (Å²) >= 11 is 0. The topological polar surface area (TPSA) is 99.0 Å². The fraction of sp³-hybridized carbons (Fsp3) is 0.737. The van der Waals surface area contributed by atoms with Gasteiger partial charge in [-0.1, -0.05) is 6.42 Å². The van der Waals surface area contributed by atoms with E-state index in [0.717, 1.165) is 31.7 Å². The minimum atomic E-state index is -3.29. The predicted octanol–water partition coefficient (Wildman–Crippen LogP) is 1.69. The van der Waals surface area contributed by atoms with E-state index < -0.39 is 15.6 Å². The highest BCUT2D eigenvalue weighted by molar-refractivity contribution is 7.88. The molecule has 1 aliphatic rings. The molecule has 28 heavy (non-hydrogen) atoms. The van der Waals surface area contributed by atoms with Crippen molar-refractivity contribution < 1.29 is 12.8 Å². The molecule has 0 bridgehead atoms. The van der Waals surface area contributed by atoms with Gasteiger partial charge in [0.25, 0.3) is 0 Å². The summed E-state index contributed by atoms with van der Waals surface area (Å²) in [4.78, 5) is 7.04. The summed E-state index contributed by atoms with van der Waals surface area (Å²) in [6, 6.07) is 4.08. The molecule has 1 aromatic heterocycles. The summed E-state index contributed by atoms with van der Waals surface area (Å²) in [5.41, 5.74) is -0.663. The van der Waals surface area contributed by atoms with Gasteiger partial charge in [-0.15, -0.1) is 0 Å². The van der Waals surface area contributed by atoms with E-state index in [9.17, 15) is 8.42 Å². The Morgan fingerprint density at radius 1 is 1.29 bits per heavy atom. The first-order valence-corrected chi connectivity index (χ1v) is 11.9. The Hall–Kier alpha value is -1.58. The molecule has 0 saturated carbocycles. The van der Waals surface area contributed by atoms with E-state index in [2.05, 4.69) is 25.2 Å². The van der Waals surface area contributed by atoms with Crippen molar-refractivity contribution in [2.45, 2.75) is 51.6 Å². The van der Waals surface area contributed by atoms with Crippen LogP contribution in [-0.2, 0) is 10.0 Å². The fourth-order valence-electron chi connectivity index (χ4n) is 3.47. The summed E-state index contributed by atoms with van der Waals surface area (Å²) in [6.07, 6.45) is 6.56. The number of rotatable bonds is 9. The van der Waals surface area contributed by atoms with E-state index in [1.807, 2.05) is 32.9 Å². The van der Waals surface area contributed by atoms with Gasteiger partial charge in [-0.05, 0) is 58.8 Å². The molecule has 2 rings (SSSR count). The van der Waals surface area contributed by atoms with Crippen molar-refractivity contribution in [2.24, 2.45) is 4.99 Å². The third kappa shape index (κ3) is 7.81. The van der Waals surface area contributed by atoms with Crippen LogP contribution in [0.5, 0.6) is 0 Å². The van der Waals surface area contributed by atoms with Gasteiger partial charge >= 0.3 is 0 Å². The van der Waals surface area contributed by atoms with Crippen LogP contribution in [0.15, 0.2) is 27.8 Å². The number of aliphatic imine (C=N–C) groups is 1. The van der Waals surface area contributed by atoms with Crippen molar-refractivity contribution in [3.8, 4) is 0 Å². The van der Waals surface area contributed by atoms with E-state index >= 15 is 0 Å². The van der Waals surface area contributed by atoms with E-state index in [4.69, 9.17) is 4.42 Å². The highest BCUT2D eigenvalue weighted by Crippen LogP contribution is 2.24. The lowest BCUT2D eigenvalue weighted by Crippen LogP contribution is -2.48. The molecule has 9 heteroatoms. The lowest BCUT2D eigenvalue weighted by Gasteiger charge is -2.33. The Labute approximate surface area is 169 Å². The van der Waals surface area contributed by atoms with Crippen LogP contribution in [0.25, 0.3) is 0 Å². The molecule has 1 aliphatic heterocycles. The van der Waals surface area contributed by atoms with Crippen molar-refractivity contribution in [3.63, 3.8) is 0 Å². The number of nitrogens with zero attached hydrogens (tertiary/aromatic N) is 2. The number of hydrogen-bond donors (Lipinski definition) is 3. The van der Waals surface area contributed by atoms with Crippen molar-refractivity contribution in [1.29, 1.82) is 0 Å². The Morgan fingerprint density at radius 3 is 2.57 bits per heavy atom. The monoisotopic (exact) mass is 413 g/mol. The normalized spacial score (nSPS) is 18.1. The van der Waals surface area contributed by atoms with E-state index in [0.29, 0.717) is 19.0 Å². The molecule has 1 fully saturated rings. The number of sulfonamides is 1. The summed E-state index contributed by atoms with van der Waals surface area (Å²) in [5.74, 6) is 1.61. The second kappa shape index (κ2) is 10.3. The first-order valence-electron chi connectivity index (χ1n) is 9.99. The molecule has 0 radical (unpaired) electrons. The molecule has 1 unspecified atom stereocenters. The second-order valence-electron chi connectivity index (χ2n) is 7.96. The van der Waals surface area contributed by atoms with Gasteiger partial charge < -0.3 is 15.1 Å². The molecule has 1 aromatic rings. The average molecular weight is 414 g/mol. The molecule has 0 amide bonds. The van der Waals surface area contributed by atoms with Crippen LogP contribution in [0, 0.1) is 0 Å². The summed E-state index contributed by atoms with van der Waals surface area (Å²) in [6.45, 7) is 9.48. The van der Waals surface area contributed by atoms with E-state index in [1.54, 1.807) is 6.26 Å². The molecule has 1 saturated heterocycles. The van der Waals surface area contributed by atoms with Gasteiger partial charge in [-0.2, -0.15) is 0 Å². The zero-order valence-electron chi connectivity index (χ0n) is 17.5. The Morgan fingerprint density at radius 2 is 2.00 bits per heavy atom. The van der Waals surface area contributed by atoms with Crippen molar-refractivity contribution in [1.82, 2.24) is 20.3 Å². The smallest absolute Gasteiger partial charge is 0.209 e. The molecule has 8 nitrogen and oxygen atoms in total. The fourth-order valence-corrected chi connectivity index (χ4v) is 4.53. The van der Waals surface area contributed by atoms with E-state index in [1.165, 1.54) is 19.3 Å². The lowest BCUT2D eigenvalue weighted by molar-refractivity contribution is 0.146. The van der Waals surface area contributed by atoms with Gasteiger partial charge in [0.2, 0.25) is 10.0 Å². The minimum Gasteiger partial charge on any atom is -0.468 e. The average Bonchev–Trinajstić information content (AvgIpc) is 3.13. The van der Waals surface area contributed by atoms with Crippen LogP contribution in [0.3, 0.4) is 0 Å². The Balaban J connectivity index is 2.04. The number of piperidine rings is 1. The van der Waals surface area contributed by atoms with Gasteiger partial charge in [0.15, 0.2) is 5.96 Å². The highest BCUT2D eigenvalue weighted by Gasteiger charge is 2.25. The lowest BCUT2D eigenvalue weighted by atomic mass is 10.1. The number of nitrogens with one attached hydrogen (secondary N) is 3. The first kappa shape index (κ1) is 22.7. The van der Waals surface area contributed by atoms with Crippen molar-refractivity contribution in [2.75, 3.05) is 39.0 Å². The van der Waals surface area contributed by atoms with Gasteiger partial charge in [-0.3, -0.25) is 9.89 Å². The number of hydrogen-bond acceptors (Lipinski definition) is 5. The zero-order chi connectivity index (χ0) is 20.6. The van der Waals surface area contributed by atoms with Gasteiger partial charge in [0.1, 0.15) is 5.76 Å². The molecule has 160 valence electrons. The molecule has 1 atom stereocenters. The second-order valence-corrected chi connectivity index (χ2v) is 9.71. The summed E-state index contributed by atoms with van der Waals surface area (Å²) in [7, 11) is -3.29. The molecule has 0 aliphatic carbocycles. The number of likely N-dealkylation sites (tertiary alicyclic amines) is 1. The SMILES string of the molecule is CCNC(=NCC(C)(C)NS(C)(=O)=O)NCC(c1ccco1)N1CCCCC1. The molecule has 0 spiro atoms. The molecular formula is C19H35N5O3S. The van der Waals surface area contributed by atoms with Crippen molar-refractivity contribution >= 4 is 16.0 Å². The van der Waals surface area contributed by atoms with Crippen LogP contribution in [0.4, 0.5) is 0 Å². The van der Waals surface area contributed by atoms with Crippen LogP contribution >= 0.6 is 0 Å². The quantitative estimate of drug-likeness (QED) is 0.421. The minimum absolute atomic E-state index is 0.140. The standard InChI is InChI=1S/C19H35N5O3S/c1-5-20-18(22-15-19(2,3)23-28(4,25)26)21-14-16(17-10-9-13-27-17)24-11-7-6-8-12-24/h9-10,13,16,23H,5-8,11-12,14-15H2,1-4H3,(H2,20,21,22). The van der Waals surface area contributed by atoms with Gasteiger partial charge in [-0.25, -0.2) is 13.1 Å². The largest absolute Gasteiger partial charge is 0.468 e. The number of guanidine groups is 1. The Kier molecular flexibility index (Phi) is 8.33. The molecule has 2 heterocycles. The maximum Gasteiger partial charge on any atom is 0.209 e. The van der Waals surface area contributed by atoms with Crippen LogP contribution in [-0.4, -0.2) is 63.8 Å². The first-order chi connectivity index (χ1) is 13.2. The molecule has 3 N–H and O–H groups in total. The third-order valence-corrected chi connectivity index (χ3v) is 5.53. The summed E-state index contributed by atoms with van der Waals surface area (Å²) in [5, 5.41) is 6.64. The Bertz CT molecular complexity index is 710. The zero-order valence-corrected chi connectivity index (χ0v) is 18.3. The van der Waals surface area contributed by atoms with E-state index in [-0.39, 0.29) is 6.04 Å². The van der Waals surface area contributed by atoms with Gasteiger partial charge in [0.05, 0.1) is 25.1 Å². The number of furan rings is 1. The summed E-state index contributed by atoms with van der Waals surface area (Å²) < 4.78 is 31.4. The van der Waals surface area contributed by atoms with Crippen LogP contribution in [0.1, 0.15) is 51.8 Å². The van der Waals surface area contributed by atoms with Crippen LogP contribution < -0.4 is 15.4 Å². The molecule has 0 aromatic carbocycles. The maximum atomic E-state index is 11.5. The highest BCUT2D eigenvalue weighted by atomic mass is 32.2. The van der Waals surface area contributed by atoms with Crippen LogP contribution in [0.2, 0.25) is 0 Å². The van der Waals surface area contributed by atoms with Crippen molar-refractivity contribution in [3.05, 3.63) is 24.2 Å². The van der Waals surface area contributed by atoms with Gasteiger partial charge in [0, 0.05) is 18.6 Å². The molecular weight excluding hydrogens is 378 g/mol. The maximum absolute atomic E-state index is 11.5.